The lowest BCUT2D eigenvalue weighted by molar-refractivity contribution is 1.18. The van der Waals surface area contributed by atoms with E-state index in [0.29, 0.717) is 0 Å². The summed E-state index contributed by atoms with van der Waals surface area (Å²) in [4.78, 5) is 0. The molecule has 0 aliphatic heterocycles. The summed E-state index contributed by atoms with van der Waals surface area (Å²) < 4.78 is 4.81. The molecule has 0 bridgehead atoms. The normalized spacial score (nSPS) is 12.3. The average molecular weight is 929 g/mol. The molecule has 0 aliphatic rings. The Bertz CT molecular complexity index is 3700. The minimum Gasteiger partial charge on any atom is -0.309 e. The Morgan fingerprint density at radius 3 is 0.700 bits per heavy atom. The van der Waals surface area contributed by atoms with E-state index in [4.69, 9.17) is 0 Å². The molecule has 11 aromatic carbocycles. The molecule has 2 heterocycles. The summed E-state index contributed by atoms with van der Waals surface area (Å²) in [5.41, 5.74) is 12.5. The molecule has 0 fully saturated rings. The monoisotopic (exact) mass is 928 g/mol. The Balaban J connectivity index is 0.817. The van der Waals surface area contributed by atoms with Gasteiger partial charge >= 0.3 is 0 Å². The van der Waals surface area contributed by atoms with Crippen molar-refractivity contribution in [3.05, 3.63) is 243 Å². The van der Waals surface area contributed by atoms with Crippen molar-refractivity contribution < 1.29 is 0 Å². The largest absolute Gasteiger partial charge is 0.309 e. The second-order valence-electron chi connectivity index (χ2n) is 20.1. The Hall–Kier alpha value is -8.03. The maximum atomic E-state index is 2.48. The average Bonchev–Trinajstić information content (AvgIpc) is 3.93. The lowest BCUT2D eigenvalue weighted by Crippen LogP contribution is -2.52. The fraction of sp³-hybridized carbons (Fsp3) is 0.0606. The van der Waals surface area contributed by atoms with E-state index in [9.17, 15) is 0 Å². The van der Waals surface area contributed by atoms with E-state index in [2.05, 4.69) is 278 Å². The third-order valence-electron chi connectivity index (χ3n) is 15.6. The maximum Gasteiger partial charge on any atom is 0.112 e. The Kier molecular flexibility index (Phi) is 9.81. The lowest BCUT2D eigenvalue weighted by Gasteiger charge is -2.25. The molecule has 0 atom stereocenters. The highest BCUT2D eigenvalue weighted by Gasteiger charge is 2.28. The molecular formula is C66H52N2Si2. The van der Waals surface area contributed by atoms with Crippen LogP contribution < -0.4 is 20.7 Å². The van der Waals surface area contributed by atoms with Gasteiger partial charge in [-0.3, -0.25) is 0 Å². The van der Waals surface area contributed by atoms with Crippen molar-refractivity contribution in [1.29, 1.82) is 0 Å². The molecule has 334 valence electrons. The third-order valence-corrected chi connectivity index (χ3v) is 22.7. The Labute approximate surface area is 411 Å². The third kappa shape index (κ3) is 6.59. The molecular weight excluding hydrogens is 877 g/mol. The van der Waals surface area contributed by atoms with Gasteiger partial charge in [0.1, 0.15) is 16.1 Å². The molecule has 70 heavy (non-hydrogen) atoms. The van der Waals surface area contributed by atoms with Crippen LogP contribution in [0.5, 0.6) is 0 Å². The highest BCUT2D eigenvalue weighted by atomic mass is 28.3. The number of hydrogen-bond acceptors (Lipinski definition) is 0. The fourth-order valence-corrected chi connectivity index (χ4v) is 16.3. The number of benzene rings is 11. The van der Waals surface area contributed by atoms with Crippen molar-refractivity contribution in [3.8, 4) is 33.6 Å². The van der Waals surface area contributed by atoms with E-state index in [1.54, 1.807) is 0 Å². The molecule has 2 nitrogen and oxygen atoms in total. The van der Waals surface area contributed by atoms with Crippen molar-refractivity contribution in [2.24, 2.45) is 0 Å². The number of rotatable bonds is 8. The van der Waals surface area contributed by atoms with Gasteiger partial charge in [0.2, 0.25) is 0 Å². The van der Waals surface area contributed by atoms with E-state index in [-0.39, 0.29) is 0 Å². The van der Waals surface area contributed by atoms with Crippen LogP contribution in [-0.2, 0) is 0 Å². The van der Waals surface area contributed by atoms with Gasteiger partial charge in [-0.15, -0.1) is 0 Å². The summed E-state index contributed by atoms with van der Waals surface area (Å²) in [6.45, 7) is 9.93. The SMILES string of the molecule is C[Si](C)(c1ccc(-c2c3ccccc3c(-c3ccc([Si](C)(C)c4ccc(-n5c6ccccc6c6ccccc65)cc4)cc3)c3ccccc23)cc1)c1ccc(-n2c3ccccc3c3ccccc32)cc1. The molecule has 4 heteroatoms. The molecule has 0 radical (unpaired) electrons. The molecule has 0 aliphatic carbocycles. The molecule has 0 unspecified atom stereocenters. The van der Waals surface area contributed by atoms with E-state index in [1.165, 1.54) is 120 Å². The smallest absolute Gasteiger partial charge is 0.112 e. The zero-order valence-electron chi connectivity index (χ0n) is 40.0. The summed E-state index contributed by atoms with van der Waals surface area (Å²) in [7, 11) is -4.07. The first-order valence-corrected chi connectivity index (χ1v) is 30.6. The van der Waals surface area contributed by atoms with Crippen LogP contribution in [0.2, 0.25) is 26.2 Å². The quantitative estimate of drug-likeness (QED) is 0.106. The van der Waals surface area contributed by atoms with Crippen molar-refractivity contribution in [3.63, 3.8) is 0 Å². The zero-order valence-corrected chi connectivity index (χ0v) is 42.0. The van der Waals surface area contributed by atoms with Gasteiger partial charge in [-0.1, -0.05) is 241 Å². The van der Waals surface area contributed by atoms with Crippen molar-refractivity contribution in [2.45, 2.75) is 26.2 Å². The number of para-hydroxylation sites is 4. The van der Waals surface area contributed by atoms with E-state index >= 15 is 0 Å². The predicted octanol–water partition coefficient (Wildman–Crippen LogP) is 15.2. The van der Waals surface area contributed by atoms with Gasteiger partial charge in [-0.2, -0.15) is 0 Å². The molecule has 0 saturated heterocycles. The van der Waals surface area contributed by atoms with Crippen LogP contribution >= 0.6 is 0 Å². The highest BCUT2D eigenvalue weighted by Crippen LogP contribution is 2.43. The number of hydrogen-bond donors (Lipinski definition) is 0. The topological polar surface area (TPSA) is 9.86 Å². The van der Waals surface area contributed by atoms with Crippen LogP contribution in [0.1, 0.15) is 0 Å². The van der Waals surface area contributed by atoms with Crippen LogP contribution in [0.25, 0.3) is 98.8 Å². The second-order valence-corrected chi connectivity index (χ2v) is 28.9. The molecule has 13 aromatic rings. The maximum absolute atomic E-state index is 2.48. The number of aromatic nitrogens is 2. The predicted molar refractivity (Wildman–Crippen MR) is 307 cm³/mol. The van der Waals surface area contributed by atoms with Crippen LogP contribution in [0, 0.1) is 0 Å². The molecule has 0 saturated carbocycles. The van der Waals surface area contributed by atoms with Gasteiger partial charge in [-0.05, 0) is 92.3 Å². The summed E-state index contributed by atoms with van der Waals surface area (Å²) in [5, 5.41) is 16.0. The van der Waals surface area contributed by atoms with E-state index < -0.39 is 16.1 Å². The fourth-order valence-electron chi connectivity index (χ4n) is 11.6. The van der Waals surface area contributed by atoms with E-state index in [1.807, 2.05) is 0 Å². The molecule has 0 amide bonds. The molecule has 2 aromatic heterocycles. The van der Waals surface area contributed by atoms with Crippen molar-refractivity contribution >= 4 is 102 Å². The number of fused-ring (bicyclic) bond motifs is 8. The van der Waals surface area contributed by atoms with Gasteiger partial charge in [0, 0.05) is 32.9 Å². The van der Waals surface area contributed by atoms with Crippen LogP contribution in [0.4, 0.5) is 0 Å². The lowest BCUT2D eigenvalue weighted by atomic mass is 9.86. The van der Waals surface area contributed by atoms with Gasteiger partial charge < -0.3 is 9.13 Å². The summed E-state index contributed by atoms with van der Waals surface area (Å²) in [6.07, 6.45) is 0. The molecule has 0 spiro atoms. The molecule has 0 N–H and O–H groups in total. The van der Waals surface area contributed by atoms with Gasteiger partial charge in [-0.25, -0.2) is 0 Å². The highest BCUT2D eigenvalue weighted by molar-refractivity contribution is 7.01. The Morgan fingerprint density at radius 2 is 0.443 bits per heavy atom. The standard InChI is InChI=1S/C66H52N2Si2/c1-69(2,51-41-33-47(34-42-51)67-61-25-13-9-17-53(61)54-18-10-14-26-62(54)67)49-37-29-45(30-38-49)65-57-21-5-7-23-59(57)66(60-24-8-6-22-58(60)65)46-31-39-50(40-32-46)70(3,4)52-43-35-48(36-44-52)68-63-27-15-11-19-55(63)56-20-12-16-28-64(56)68/h5-44H,1-4H3. The van der Waals surface area contributed by atoms with Crippen LogP contribution in [0.3, 0.4) is 0 Å². The van der Waals surface area contributed by atoms with Crippen LogP contribution in [-0.4, -0.2) is 25.3 Å². The first kappa shape index (κ1) is 42.1. The van der Waals surface area contributed by atoms with Crippen molar-refractivity contribution in [1.82, 2.24) is 9.13 Å². The van der Waals surface area contributed by atoms with Crippen LogP contribution in [0.15, 0.2) is 243 Å². The van der Waals surface area contributed by atoms with Gasteiger partial charge in [0.25, 0.3) is 0 Å². The summed E-state index contributed by atoms with van der Waals surface area (Å²) >= 11 is 0. The number of nitrogens with zero attached hydrogens (tertiary/aromatic N) is 2. The first-order chi connectivity index (χ1) is 34.3. The minimum atomic E-state index is -2.03. The Morgan fingerprint density at radius 1 is 0.229 bits per heavy atom. The summed E-state index contributed by atoms with van der Waals surface area (Å²) in [5.74, 6) is 0. The zero-order chi connectivity index (χ0) is 47.1. The first-order valence-electron chi connectivity index (χ1n) is 24.6. The minimum absolute atomic E-state index is 1.20. The second kappa shape index (κ2) is 16.3. The van der Waals surface area contributed by atoms with E-state index in [0.717, 1.165) is 0 Å². The van der Waals surface area contributed by atoms with Crippen molar-refractivity contribution in [2.75, 3.05) is 0 Å². The summed E-state index contributed by atoms with van der Waals surface area (Å²) in [6, 6.07) is 90.9. The van der Waals surface area contributed by atoms with Gasteiger partial charge in [0.15, 0.2) is 0 Å². The van der Waals surface area contributed by atoms with Gasteiger partial charge in [0.05, 0.1) is 22.1 Å². The molecule has 13 rings (SSSR count).